The average molecular weight is 367 g/mol. The molecule has 28 heavy (non-hydrogen) atoms. The van der Waals surface area contributed by atoms with E-state index in [1.54, 1.807) is 6.33 Å². The Labute approximate surface area is 164 Å². The number of benzene rings is 2. The lowest BCUT2D eigenvalue weighted by atomic mass is 10.1. The fourth-order valence-corrected chi connectivity index (χ4v) is 3.62. The number of hydrogen-bond acceptors (Lipinski definition) is 5. The molecule has 1 aliphatic heterocycles. The first kappa shape index (κ1) is 17.0. The summed E-state index contributed by atoms with van der Waals surface area (Å²) in [6.07, 6.45) is 4.35. The van der Waals surface area contributed by atoms with E-state index in [1.165, 1.54) is 0 Å². The minimum atomic E-state index is 0.219. The minimum Gasteiger partial charge on any atom is -0.457 e. The van der Waals surface area contributed by atoms with Gasteiger partial charge in [-0.3, -0.25) is 0 Å². The molecule has 1 saturated heterocycles. The van der Waals surface area contributed by atoms with Crippen LogP contribution in [0.4, 0.5) is 0 Å². The van der Waals surface area contributed by atoms with Gasteiger partial charge in [0.25, 0.3) is 0 Å². The summed E-state index contributed by atoms with van der Waals surface area (Å²) in [6, 6.07) is 17.9. The van der Waals surface area contributed by atoms with Crippen LogP contribution in [0, 0.1) is 0 Å². The van der Waals surface area contributed by atoms with E-state index in [0.717, 1.165) is 53.3 Å². The van der Waals surface area contributed by atoms with Crippen LogP contribution in [-0.2, 0) is 0 Å². The zero-order chi connectivity index (χ0) is 18.9. The SMILES string of the molecule is [B]N1CC[C@@H](n2nc(-c3ccc(Oc4ccccc4)cc3)c3cncnc32)C1. The lowest BCUT2D eigenvalue weighted by Crippen LogP contribution is -2.18. The number of rotatable bonds is 4. The molecule has 0 spiro atoms. The topological polar surface area (TPSA) is 56.1 Å². The standard InChI is InChI=1S/C21H18BN5O/c22-26-11-10-16(13-26)27-21-19(12-23-14-24-21)20(25-27)15-6-8-18(9-7-15)28-17-4-2-1-3-5-17/h1-9,12,14,16H,10-11,13H2/t16-/m1/s1. The van der Waals surface area contributed by atoms with Gasteiger partial charge < -0.3 is 9.55 Å². The maximum Gasteiger partial charge on any atom is 0.182 e. The van der Waals surface area contributed by atoms with Crippen molar-refractivity contribution < 1.29 is 4.74 Å². The zero-order valence-electron chi connectivity index (χ0n) is 15.3. The summed E-state index contributed by atoms with van der Waals surface area (Å²) in [6.45, 7) is 1.63. The fourth-order valence-electron chi connectivity index (χ4n) is 3.62. The quantitative estimate of drug-likeness (QED) is 0.516. The van der Waals surface area contributed by atoms with Gasteiger partial charge in [-0.15, -0.1) is 0 Å². The summed E-state index contributed by atoms with van der Waals surface area (Å²) in [5.74, 6) is 1.59. The molecule has 5 rings (SSSR count). The molecule has 136 valence electrons. The summed E-state index contributed by atoms with van der Waals surface area (Å²) in [5, 5.41) is 5.82. The van der Waals surface area contributed by atoms with Crippen molar-refractivity contribution in [1.82, 2.24) is 24.6 Å². The molecule has 0 saturated carbocycles. The van der Waals surface area contributed by atoms with Gasteiger partial charge in [0.15, 0.2) is 13.6 Å². The number of fused-ring (bicyclic) bond motifs is 1. The first-order chi connectivity index (χ1) is 13.8. The van der Waals surface area contributed by atoms with Crippen LogP contribution in [0.25, 0.3) is 22.3 Å². The monoisotopic (exact) mass is 367 g/mol. The summed E-state index contributed by atoms with van der Waals surface area (Å²) in [4.78, 5) is 10.5. The molecule has 0 aliphatic carbocycles. The predicted molar refractivity (Wildman–Crippen MR) is 108 cm³/mol. The molecule has 2 aromatic carbocycles. The second-order valence-corrected chi connectivity index (χ2v) is 6.93. The highest BCUT2D eigenvalue weighted by molar-refractivity contribution is 6.04. The Morgan fingerprint density at radius 3 is 2.54 bits per heavy atom. The first-order valence-corrected chi connectivity index (χ1v) is 9.29. The van der Waals surface area contributed by atoms with Crippen molar-refractivity contribution in [3.8, 4) is 22.8 Å². The maximum absolute atomic E-state index is 5.95. The molecule has 0 N–H and O–H groups in total. The van der Waals surface area contributed by atoms with Crippen LogP contribution < -0.4 is 4.74 Å². The van der Waals surface area contributed by atoms with Crippen molar-refractivity contribution >= 4 is 19.0 Å². The van der Waals surface area contributed by atoms with E-state index in [-0.39, 0.29) is 6.04 Å². The summed E-state index contributed by atoms with van der Waals surface area (Å²) in [7, 11) is 5.95. The molecule has 1 aliphatic rings. The van der Waals surface area contributed by atoms with Gasteiger partial charge in [0, 0.05) is 18.3 Å². The molecule has 2 radical (unpaired) electrons. The largest absolute Gasteiger partial charge is 0.457 e. The summed E-state index contributed by atoms with van der Waals surface area (Å²) >= 11 is 0. The molecule has 0 amide bonds. The normalized spacial score (nSPS) is 17.2. The highest BCUT2D eigenvalue weighted by Crippen LogP contribution is 2.32. The third-order valence-electron chi connectivity index (χ3n) is 5.02. The Bertz CT molecular complexity index is 1100. The fraction of sp³-hybridized carbons (Fsp3) is 0.190. The predicted octanol–water partition coefficient (Wildman–Crippen LogP) is 3.62. The van der Waals surface area contributed by atoms with E-state index in [4.69, 9.17) is 17.8 Å². The van der Waals surface area contributed by atoms with Crippen molar-refractivity contribution in [2.24, 2.45) is 0 Å². The molecule has 2 aromatic heterocycles. The molecular weight excluding hydrogens is 349 g/mol. The van der Waals surface area contributed by atoms with Gasteiger partial charge in [-0.1, -0.05) is 18.2 Å². The van der Waals surface area contributed by atoms with Crippen molar-refractivity contribution in [2.45, 2.75) is 12.5 Å². The Hall–Kier alpha value is -3.19. The third-order valence-corrected chi connectivity index (χ3v) is 5.02. The summed E-state index contributed by atoms with van der Waals surface area (Å²) < 4.78 is 7.88. The van der Waals surface area contributed by atoms with Crippen molar-refractivity contribution in [3.63, 3.8) is 0 Å². The van der Waals surface area contributed by atoms with E-state index in [2.05, 4.69) is 9.97 Å². The number of nitrogens with zero attached hydrogens (tertiary/aromatic N) is 5. The highest BCUT2D eigenvalue weighted by Gasteiger charge is 2.25. The number of aromatic nitrogens is 4. The van der Waals surface area contributed by atoms with E-state index in [1.807, 2.05) is 70.3 Å². The molecule has 7 heteroatoms. The van der Waals surface area contributed by atoms with E-state index in [9.17, 15) is 0 Å². The first-order valence-electron chi connectivity index (χ1n) is 9.29. The van der Waals surface area contributed by atoms with Crippen LogP contribution >= 0.6 is 0 Å². The lowest BCUT2D eigenvalue weighted by molar-refractivity contribution is 0.468. The van der Waals surface area contributed by atoms with Gasteiger partial charge in [-0.2, -0.15) is 5.10 Å². The third kappa shape index (κ3) is 3.14. The van der Waals surface area contributed by atoms with E-state index >= 15 is 0 Å². The smallest absolute Gasteiger partial charge is 0.182 e. The van der Waals surface area contributed by atoms with Crippen LogP contribution in [0.1, 0.15) is 12.5 Å². The van der Waals surface area contributed by atoms with Gasteiger partial charge in [0.2, 0.25) is 0 Å². The van der Waals surface area contributed by atoms with Crippen molar-refractivity contribution in [1.29, 1.82) is 0 Å². The highest BCUT2D eigenvalue weighted by atomic mass is 16.5. The van der Waals surface area contributed by atoms with Crippen LogP contribution in [0.15, 0.2) is 67.1 Å². The Morgan fingerprint density at radius 2 is 1.79 bits per heavy atom. The second-order valence-electron chi connectivity index (χ2n) is 6.93. The molecule has 1 atom stereocenters. The number of ether oxygens (including phenoxy) is 1. The van der Waals surface area contributed by atoms with Gasteiger partial charge >= 0.3 is 0 Å². The van der Waals surface area contributed by atoms with Crippen LogP contribution in [-0.4, -0.2) is 45.6 Å². The molecule has 0 unspecified atom stereocenters. The van der Waals surface area contributed by atoms with Gasteiger partial charge in [0.05, 0.1) is 11.4 Å². The second kappa shape index (κ2) is 7.09. The molecule has 1 fully saturated rings. The van der Waals surface area contributed by atoms with Crippen molar-refractivity contribution in [3.05, 3.63) is 67.1 Å². The van der Waals surface area contributed by atoms with Crippen molar-refractivity contribution in [2.75, 3.05) is 13.1 Å². The van der Waals surface area contributed by atoms with Gasteiger partial charge in [-0.05, 0) is 49.4 Å². The number of para-hydroxylation sites is 1. The lowest BCUT2D eigenvalue weighted by Gasteiger charge is -2.11. The van der Waals surface area contributed by atoms with E-state index in [0.29, 0.717) is 0 Å². The van der Waals surface area contributed by atoms with Crippen LogP contribution in [0.5, 0.6) is 11.5 Å². The maximum atomic E-state index is 5.95. The molecular formula is C21H18BN5O. The van der Waals surface area contributed by atoms with Gasteiger partial charge in [0.1, 0.15) is 23.5 Å². The Kier molecular flexibility index (Phi) is 4.29. The van der Waals surface area contributed by atoms with E-state index < -0.39 is 0 Å². The number of hydrogen-bond donors (Lipinski definition) is 0. The zero-order valence-corrected chi connectivity index (χ0v) is 15.3. The van der Waals surface area contributed by atoms with Gasteiger partial charge in [-0.25, -0.2) is 14.6 Å². The Balaban J connectivity index is 1.49. The van der Waals surface area contributed by atoms with Crippen LogP contribution in [0.3, 0.4) is 0 Å². The molecule has 0 bridgehead atoms. The molecule has 3 heterocycles. The van der Waals surface area contributed by atoms with Crippen LogP contribution in [0.2, 0.25) is 0 Å². The molecule has 4 aromatic rings. The molecule has 6 nitrogen and oxygen atoms in total. The average Bonchev–Trinajstić information content (AvgIpc) is 3.33. The Morgan fingerprint density at radius 1 is 1.00 bits per heavy atom. The summed E-state index contributed by atoms with van der Waals surface area (Å²) in [5.41, 5.74) is 2.72. The minimum absolute atomic E-state index is 0.219.